The maximum Gasteiger partial charge on any atom is 0.228 e. The summed E-state index contributed by atoms with van der Waals surface area (Å²) in [5, 5.41) is 3.91. The van der Waals surface area contributed by atoms with Crippen molar-refractivity contribution in [2.75, 3.05) is 18.2 Å². The lowest BCUT2D eigenvalue weighted by Crippen LogP contribution is -2.14. The molecule has 3 N–H and O–H groups in total. The normalized spacial score (nSPS) is 13.0. The highest BCUT2D eigenvalue weighted by Gasteiger charge is 2.17. The predicted molar refractivity (Wildman–Crippen MR) is 98.0 cm³/mol. The molecule has 5 nitrogen and oxygen atoms in total. The zero-order chi connectivity index (χ0) is 17.4. The number of carbonyl (C=O) groups excluding carboxylic acids is 1. The Morgan fingerprint density at radius 2 is 2.04 bits per heavy atom. The minimum absolute atomic E-state index is 0.104. The molecule has 0 bridgehead atoms. The zero-order valence-corrected chi connectivity index (χ0v) is 14.1. The lowest BCUT2D eigenvalue weighted by Gasteiger charge is -2.08. The van der Waals surface area contributed by atoms with Gasteiger partial charge in [0, 0.05) is 16.6 Å². The third kappa shape index (κ3) is 2.93. The molecule has 3 aromatic rings. The van der Waals surface area contributed by atoms with Crippen molar-refractivity contribution in [2.24, 2.45) is 0 Å². The smallest absolute Gasteiger partial charge is 0.228 e. The molecule has 25 heavy (non-hydrogen) atoms. The van der Waals surface area contributed by atoms with Gasteiger partial charge in [0.2, 0.25) is 5.91 Å². The molecular weight excluding hydrogens is 316 g/mol. The van der Waals surface area contributed by atoms with Crippen LogP contribution in [0.1, 0.15) is 23.1 Å². The monoisotopic (exact) mass is 336 g/mol. The number of hydrogen-bond donors (Lipinski definition) is 2. The van der Waals surface area contributed by atoms with Crippen LogP contribution in [0.5, 0.6) is 5.75 Å². The van der Waals surface area contributed by atoms with Crippen LogP contribution in [0.25, 0.3) is 11.0 Å². The molecule has 0 saturated carbocycles. The second-order valence-corrected chi connectivity index (χ2v) is 6.41. The molecule has 4 rings (SSSR count). The van der Waals surface area contributed by atoms with E-state index in [0.717, 1.165) is 29.4 Å². The van der Waals surface area contributed by atoms with Crippen LogP contribution >= 0.6 is 0 Å². The van der Waals surface area contributed by atoms with Gasteiger partial charge in [-0.25, -0.2) is 0 Å². The minimum atomic E-state index is -0.104. The van der Waals surface area contributed by atoms with Crippen molar-refractivity contribution >= 4 is 28.3 Å². The standard InChI is InChI=1S/C20H20N2O3/c1-24-18-6-5-15(10-17(18)21)22-20(23)9-14-11-25-19-8-13-4-2-3-12(13)7-16(14)19/h5-8,10-11H,2-4,9,21H2,1H3,(H,22,23). The first-order chi connectivity index (χ1) is 12.1. The fourth-order valence-corrected chi connectivity index (χ4v) is 3.48. The van der Waals surface area contributed by atoms with Crippen molar-refractivity contribution in [1.82, 2.24) is 0 Å². The van der Waals surface area contributed by atoms with E-state index in [4.69, 9.17) is 14.9 Å². The fourth-order valence-electron chi connectivity index (χ4n) is 3.48. The first-order valence-electron chi connectivity index (χ1n) is 8.39. The van der Waals surface area contributed by atoms with Gasteiger partial charge in [-0.3, -0.25) is 4.79 Å². The topological polar surface area (TPSA) is 77.5 Å². The summed E-state index contributed by atoms with van der Waals surface area (Å²) in [6.45, 7) is 0. The highest BCUT2D eigenvalue weighted by Crippen LogP contribution is 2.31. The lowest BCUT2D eigenvalue weighted by molar-refractivity contribution is -0.115. The Hall–Kier alpha value is -2.95. The molecule has 0 spiro atoms. The molecule has 0 atom stereocenters. The van der Waals surface area contributed by atoms with Gasteiger partial charge in [0.1, 0.15) is 11.3 Å². The molecule has 1 aromatic heterocycles. The number of nitrogens with two attached hydrogens (primary N) is 1. The van der Waals surface area contributed by atoms with Gasteiger partial charge in [0.15, 0.2) is 0 Å². The molecule has 0 unspecified atom stereocenters. The van der Waals surface area contributed by atoms with Crippen molar-refractivity contribution in [3.8, 4) is 5.75 Å². The number of benzene rings is 2. The van der Waals surface area contributed by atoms with Crippen LogP contribution < -0.4 is 15.8 Å². The Balaban J connectivity index is 1.53. The highest BCUT2D eigenvalue weighted by molar-refractivity contribution is 5.96. The number of methoxy groups -OCH3 is 1. The Kier molecular flexibility index (Phi) is 3.84. The first kappa shape index (κ1) is 15.6. The molecular formula is C20H20N2O3. The molecule has 0 radical (unpaired) electrons. The molecule has 1 heterocycles. The average molecular weight is 336 g/mol. The van der Waals surface area contributed by atoms with Crippen molar-refractivity contribution in [2.45, 2.75) is 25.7 Å². The fraction of sp³-hybridized carbons (Fsp3) is 0.250. The van der Waals surface area contributed by atoms with Gasteiger partial charge >= 0.3 is 0 Å². The summed E-state index contributed by atoms with van der Waals surface area (Å²) < 4.78 is 10.8. The van der Waals surface area contributed by atoms with E-state index in [1.807, 2.05) is 0 Å². The maximum absolute atomic E-state index is 12.4. The zero-order valence-electron chi connectivity index (χ0n) is 14.1. The lowest BCUT2D eigenvalue weighted by atomic mass is 10.0. The number of fused-ring (bicyclic) bond motifs is 2. The molecule has 2 aromatic carbocycles. The van der Waals surface area contributed by atoms with Crippen LogP contribution in [-0.4, -0.2) is 13.0 Å². The van der Waals surface area contributed by atoms with Crippen LogP contribution in [0, 0.1) is 0 Å². The summed E-state index contributed by atoms with van der Waals surface area (Å²) in [7, 11) is 1.56. The van der Waals surface area contributed by atoms with E-state index in [1.54, 1.807) is 31.6 Å². The summed E-state index contributed by atoms with van der Waals surface area (Å²) >= 11 is 0. The Morgan fingerprint density at radius 1 is 1.24 bits per heavy atom. The number of amides is 1. The van der Waals surface area contributed by atoms with Gasteiger partial charge in [0.05, 0.1) is 25.5 Å². The molecule has 0 fully saturated rings. The highest BCUT2D eigenvalue weighted by atomic mass is 16.5. The summed E-state index contributed by atoms with van der Waals surface area (Å²) in [4.78, 5) is 12.4. The third-order valence-electron chi connectivity index (χ3n) is 4.73. The number of hydrogen-bond acceptors (Lipinski definition) is 4. The summed E-state index contributed by atoms with van der Waals surface area (Å²) in [5.74, 6) is 0.487. The number of ether oxygens (including phenoxy) is 1. The van der Waals surface area contributed by atoms with Gasteiger partial charge in [-0.1, -0.05) is 0 Å². The number of furan rings is 1. The van der Waals surface area contributed by atoms with Crippen LogP contribution in [0.3, 0.4) is 0 Å². The molecule has 5 heteroatoms. The Labute approximate surface area is 145 Å². The summed E-state index contributed by atoms with van der Waals surface area (Å²) in [6, 6.07) is 9.49. The number of nitrogens with one attached hydrogen (secondary N) is 1. The summed E-state index contributed by atoms with van der Waals surface area (Å²) in [6.07, 6.45) is 5.35. The van der Waals surface area contributed by atoms with Crippen LogP contribution in [0.4, 0.5) is 11.4 Å². The van der Waals surface area contributed by atoms with Crippen LogP contribution in [-0.2, 0) is 24.1 Å². The second kappa shape index (κ2) is 6.16. The molecule has 0 saturated heterocycles. The molecule has 1 aliphatic carbocycles. The van der Waals surface area contributed by atoms with Gasteiger partial charge in [0.25, 0.3) is 0 Å². The number of carbonyl (C=O) groups is 1. The van der Waals surface area contributed by atoms with Crippen molar-refractivity contribution in [1.29, 1.82) is 0 Å². The van der Waals surface area contributed by atoms with Crippen molar-refractivity contribution in [3.05, 3.63) is 53.3 Å². The number of nitrogen functional groups attached to an aromatic ring is 1. The predicted octanol–water partition coefficient (Wildman–Crippen LogP) is 3.69. The van der Waals surface area contributed by atoms with E-state index in [9.17, 15) is 4.79 Å². The number of rotatable bonds is 4. The van der Waals surface area contributed by atoms with E-state index < -0.39 is 0 Å². The molecule has 128 valence electrons. The Morgan fingerprint density at radius 3 is 2.80 bits per heavy atom. The largest absolute Gasteiger partial charge is 0.495 e. The quantitative estimate of drug-likeness (QED) is 0.712. The van der Waals surface area contributed by atoms with Crippen LogP contribution in [0.15, 0.2) is 41.0 Å². The van der Waals surface area contributed by atoms with Crippen molar-refractivity contribution in [3.63, 3.8) is 0 Å². The SMILES string of the molecule is COc1ccc(NC(=O)Cc2coc3cc4c(cc23)CCC4)cc1N. The summed E-state index contributed by atoms with van der Waals surface area (Å²) in [5.41, 5.74) is 11.5. The van der Waals surface area contributed by atoms with E-state index in [2.05, 4.69) is 17.4 Å². The number of anilines is 2. The Bertz CT molecular complexity index is 959. The van der Waals surface area contributed by atoms with E-state index in [1.165, 1.54) is 17.5 Å². The van der Waals surface area contributed by atoms with E-state index >= 15 is 0 Å². The average Bonchev–Trinajstić information content (AvgIpc) is 3.20. The molecule has 0 aliphatic heterocycles. The van der Waals surface area contributed by atoms with E-state index in [-0.39, 0.29) is 12.3 Å². The van der Waals surface area contributed by atoms with Gasteiger partial charge in [-0.05, 0) is 60.7 Å². The van der Waals surface area contributed by atoms with Gasteiger partial charge in [-0.15, -0.1) is 0 Å². The first-order valence-corrected chi connectivity index (χ1v) is 8.39. The van der Waals surface area contributed by atoms with Crippen molar-refractivity contribution < 1.29 is 13.9 Å². The van der Waals surface area contributed by atoms with Gasteiger partial charge < -0.3 is 20.2 Å². The second-order valence-electron chi connectivity index (χ2n) is 6.41. The van der Waals surface area contributed by atoms with Crippen LogP contribution in [0.2, 0.25) is 0 Å². The number of aryl methyl sites for hydroxylation is 2. The molecule has 1 aliphatic rings. The third-order valence-corrected chi connectivity index (χ3v) is 4.73. The maximum atomic E-state index is 12.4. The molecule has 1 amide bonds. The van der Waals surface area contributed by atoms with Gasteiger partial charge in [-0.2, -0.15) is 0 Å². The minimum Gasteiger partial charge on any atom is -0.495 e. The van der Waals surface area contributed by atoms with E-state index in [0.29, 0.717) is 17.1 Å².